The fourth-order valence-corrected chi connectivity index (χ4v) is 6.66. The van der Waals surface area contributed by atoms with Crippen molar-refractivity contribution in [3.05, 3.63) is 146 Å². The number of fused-ring (bicyclic) bond motifs is 9. The summed E-state index contributed by atoms with van der Waals surface area (Å²) in [5.41, 5.74) is 11.1. The first-order chi connectivity index (χ1) is 16.7. The number of rotatable bonds is 1. The summed E-state index contributed by atoms with van der Waals surface area (Å²) in [7, 11) is 0. The molecule has 0 bridgehead atoms. The molecule has 7 rings (SSSR count). The van der Waals surface area contributed by atoms with Gasteiger partial charge in [-0.05, 0) is 69.8 Å². The molecule has 1 heterocycles. The Morgan fingerprint density at radius 1 is 0.471 bits per heavy atom. The number of hydrogen-bond donors (Lipinski definition) is 0. The third-order valence-corrected chi connectivity index (χ3v) is 8.16. The molecular formula is C31H19Br2N. The first kappa shape index (κ1) is 20.3. The molecule has 0 saturated carbocycles. The molecule has 1 aliphatic carbocycles. The van der Waals surface area contributed by atoms with Gasteiger partial charge in [0.25, 0.3) is 0 Å². The van der Waals surface area contributed by atoms with Crippen LogP contribution < -0.4 is 4.90 Å². The Kier molecular flexibility index (Phi) is 4.42. The molecule has 5 aromatic carbocycles. The molecule has 0 fully saturated rings. The molecular weight excluding hydrogens is 546 g/mol. The minimum Gasteiger partial charge on any atom is -0.310 e. The molecule has 1 aliphatic heterocycles. The van der Waals surface area contributed by atoms with Crippen molar-refractivity contribution in [1.82, 2.24) is 0 Å². The maximum atomic E-state index is 3.77. The molecule has 0 unspecified atom stereocenters. The molecule has 5 aromatic rings. The zero-order valence-electron chi connectivity index (χ0n) is 18.2. The summed E-state index contributed by atoms with van der Waals surface area (Å²) in [6.45, 7) is 0. The highest BCUT2D eigenvalue weighted by Crippen LogP contribution is 2.63. The van der Waals surface area contributed by atoms with Gasteiger partial charge in [0.1, 0.15) is 0 Å². The topological polar surface area (TPSA) is 3.24 Å². The molecule has 1 nitrogen and oxygen atoms in total. The SMILES string of the molecule is Brc1ccc2c(c1)N(c1ccccc1)c1cc(Br)ccc1C21c2ccccc2-c2ccccc21. The van der Waals surface area contributed by atoms with Crippen LogP contribution in [0.4, 0.5) is 17.1 Å². The van der Waals surface area contributed by atoms with E-state index in [4.69, 9.17) is 0 Å². The first-order valence-corrected chi connectivity index (χ1v) is 12.9. The van der Waals surface area contributed by atoms with Crippen molar-refractivity contribution >= 4 is 48.9 Å². The smallest absolute Gasteiger partial charge is 0.0754 e. The van der Waals surface area contributed by atoms with Crippen LogP contribution in [0.25, 0.3) is 11.1 Å². The third kappa shape index (κ3) is 2.60. The van der Waals surface area contributed by atoms with Crippen molar-refractivity contribution in [3.63, 3.8) is 0 Å². The van der Waals surface area contributed by atoms with Crippen molar-refractivity contribution in [3.8, 4) is 11.1 Å². The van der Waals surface area contributed by atoms with E-state index in [1.165, 1.54) is 44.8 Å². The van der Waals surface area contributed by atoms with Crippen molar-refractivity contribution < 1.29 is 0 Å². The maximum Gasteiger partial charge on any atom is 0.0754 e. The number of hydrogen-bond acceptors (Lipinski definition) is 1. The molecule has 0 radical (unpaired) electrons. The average molecular weight is 565 g/mol. The predicted octanol–water partition coefficient (Wildman–Crippen LogP) is 9.36. The lowest BCUT2D eigenvalue weighted by Crippen LogP contribution is -2.36. The Bertz CT molecular complexity index is 1490. The van der Waals surface area contributed by atoms with Crippen LogP contribution in [0.2, 0.25) is 0 Å². The summed E-state index contributed by atoms with van der Waals surface area (Å²) in [5.74, 6) is 0. The van der Waals surface area contributed by atoms with Gasteiger partial charge in [-0.15, -0.1) is 0 Å². The summed E-state index contributed by atoms with van der Waals surface area (Å²) in [6, 6.07) is 41.9. The van der Waals surface area contributed by atoms with E-state index < -0.39 is 0 Å². The fraction of sp³-hybridized carbons (Fsp3) is 0.0323. The number of benzene rings is 5. The predicted molar refractivity (Wildman–Crippen MR) is 147 cm³/mol. The van der Waals surface area contributed by atoms with Crippen LogP contribution in [0, 0.1) is 0 Å². The van der Waals surface area contributed by atoms with Crippen LogP contribution >= 0.6 is 31.9 Å². The summed E-state index contributed by atoms with van der Waals surface area (Å²) in [5, 5.41) is 0. The lowest BCUT2D eigenvalue weighted by Gasteiger charge is -2.45. The fourth-order valence-electron chi connectivity index (χ4n) is 5.96. The number of halogens is 2. The molecule has 34 heavy (non-hydrogen) atoms. The molecule has 2 aliphatic rings. The molecule has 3 heteroatoms. The Balaban J connectivity index is 1.69. The second-order valence-corrected chi connectivity index (χ2v) is 10.7. The summed E-state index contributed by atoms with van der Waals surface area (Å²) >= 11 is 7.54. The van der Waals surface area contributed by atoms with Gasteiger partial charge in [0.05, 0.1) is 16.8 Å². The Labute approximate surface area is 216 Å². The monoisotopic (exact) mass is 563 g/mol. The normalized spacial score (nSPS) is 14.4. The van der Waals surface area contributed by atoms with E-state index in [0.29, 0.717) is 0 Å². The van der Waals surface area contributed by atoms with Crippen LogP contribution in [0.1, 0.15) is 22.3 Å². The Hall–Kier alpha value is -3.14. The molecule has 0 amide bonds. The van der Waals surface area contributed by atoms with Gasteiger partial charge >= 0.3 is 0 Å². The molecule has 0 aromatic heterocycles. The minimum absolute atomic E-state index is 0.384. The summed E-state index contributed by atoms with van der Waals surface area (Å²) < 4.78 is 2.14. The Morgan fingerprint density at radius 3 is 1.47 bits per heavy atom. The second-order valence-electron chi connectivity index (χ2n) is 8.84. The van der Waals surface area contributed by atoms with E-state index in [1.807, 2.05) is 0 Å². The van der Waals surface area contributed by atoms with Gasteiger partial charge in [0.2, 0.25) is 0 Å². The molecule has 0 atom stereocenters. The lowest BCUT2D eigenvalue weighted by molar-refractivity contribution is 0.752. The van der Waals surface area contributed by atoms with E-state index in [9.17, 15) is 0 Å². The van der Waals surface area contributed by atoms with Crippen molar-refractivity contribution in [1.29, 1.82) is 0 Å². The summed E-state index contributed by atoms with van der Waals surface area (Å²) in [4.78, 5) is 2.40. The van der Waals surface area contributed by atoms with Crippen LogP contribution in [-0.2, 0) is 5.41 Å². The van der Waals surface area contributed by atoms with Gasteiger partial charge in [-0.2, -0.15) is 0 Å². The highest BCUT2D eigenvalue weighted by Gasteiger charge is 2.51. The van der Waals surface area contributed by atoms with Crippen LogP contribution in [0.5, 0.6) is 0 Å². The zero-order chi connectivity index (χ0) is 22.9. The quantitative estimate of drug-likeness (QED) is 0.192. The van der Waals surface area contributed by atoms with Crippen molar-refractivity contribution in [2.24, 2.45) is 0 Å². The van der Waals surface area contributed by atoms with Crippen LogP contribution in [-0.4, -0.2) is 0 Å². The van der Waals surface area contributed by atoms with Crippen LogP contribution in [0.15, 0.2) is 124 Å². The lowest BCUT2D eigenvalue weighted by atomic mass is 9.64. The maximum absolute atomic E-state index is 3.77. The Morgan fingerprint density at radius 2 is 0.941 bits per heavy atom. The van der Waals surface area contributed by atoms with E-state index in [0.717, 1.165) is 14.6 Å². The average Bonchev–Trinajstić information content (AvgIpc) is 3.16. The van der Waals surface area contributed by atoms with E-state index in [1.54, 1.807) is 0 Å². The molecule has 0 N–H and O–H groups in total. The van der Waals surface area contributed by atoms with Crippen LogP contribution in [0.3, 0.4) is 0 Å². The second kappa shape index (κ2) is 7.43. The van der Waals surface area contributed by atoms with Gasteiger partial charge in [0.15, 0.2) is 0 Å². The molecule has 1 spiro atoms. The molecule has 162 valence electrons. The van der Waals surface area contributed by atoms with E-state index >= 15 is 0 Å². The van der Waals surface area contributed by atoms with E-state index in [-0.39, 0.29) is 5.41 Å². The van der Waals surface area contributed by atoms with Crippen molar-refractivity contribution in [2.75, 3.05) is 4.90 Å². The highest BCUT2D eigenvalue weighted by molar-refractivity contribution is 9.10. The minimum atomic E-state index is -0.384. The highest BCUT2D eigenvalue weighted by atomic mass is 79.9. The van der Waals surface area contributed by atoms with Gasteiger partial charge in [-0.1, -0.05) is 111 Å². The zero-order valence-corrected chi connectivity index (χ0v) is 21.3. The number of para-hydroxylation sites is 1. The molecule has 0 saturated heterocycles. The van der Waals surface area contributed by atoms with Crippen molar-refractivity contribution in [2.45, 2.75) is 5.41 Å². The van der Waals surface area contributed by atoms with Gasteiger partial charge in [-0.25, -0.2) is 0 Å². The van der Waals surface area contributed by atoms with Gasteiger partial charge in [-0.3, -0.25) is 0 Å². The first-order valence-electron chi connectivity index (χ1n) is 11.3. The summed E-state index contributed by atoms with van der Waals surface area (Å²) in [6.07, 6.45) is 0. The van der Waals surface area contributed by atoms with E-state index in [2.05, 4.69) is 152 Å². The standard InChI is InChI=1S/C31H19Br2N/c32-20-14-16-27-29(18-20)34(22-8-2-1-3-9-22)30-19-21(33)15-17-28(30)31(27)25-12-6-4-10-23(25)24-11-5-7-13-26(24)31/h1-19H. The number of nitrogens with zero attached hydrogens (tertiary/aromatic N) is 1. The largest absolute Gasteiger partial charge is 0.310 e. The number of anilines is 3. The van der Waals surface area contributed by atoms with Gasteiger partial charge in [0, 0.05) is 14.6 Å². The third-order valence-electron chi connectivity index (χ3n) is 7.18. The van der Waals surface area contributed by atoms with Gasteiger partial charge < -0.3 is 4.90 Å².